The molecule has 0 aromatic carbocycles. The Labute approximate surface area is 110 Å². The first-order valence-electron chi connectivity index (χ1n) is 6.30. The summed E-state index contributed by atoms with van der Waals surface area (Å²) in [6.07, 6.45) is 4.64. The molecule has 1 saturated carbocycles. The predicted octanol–water partition coefficient (Wildman–Crippen LogP) is 0.103. The number of fused-ring (bicyclic) bond motifs is 5. The van der Waals surface area contributed by atoms with Gasteiger partial charge in [-0.25, -0.2) is 0 Å². The Bertz CT molecular complexity index is 493. The highest BCUT2D eigenvalue weighted by Crippen LogP contribution is 2.51. The fraction of sp³-hybridized carbons (Fsp3) is 0.538. The van der Waals surface area contributed by atoms with Crippen molar-refractivity contribution in [3.63, 3.8) is 0 Å². The third kappa shape index (κ3) is 1.42. The van der Waals surface area contributed by atoms with Crippen molar-refractivity contribution >= 4 is 23.6 Å². The topological polar surface area (TPSA) is 74.8 Å². The molecule has 4 unspecified atom stereocenters. The molecule has 100 valence electrons. The van der Waals surface area contributed by atoms with Crippen LogP contribution in [0.25, 0.3) is 0 Å². The van der Waals surface area contributed by atoms with Crippen LogP contribution in [0.3, 0.4) is 0 Å². The number of allylic oxidation sites excluding steroid dienone is 2. The van der Waals surface area contributed by atoms with E-state index in [1.165, 1.54) is 13.8 Å². The molecule has 2 fully saturated rings. The molecule has 0 aromatic heterocycles. The van der Waals surface area contributed by atoms with Gasteiger partial charge < -0.3 is 0 Å². The lowest BCUT2D eigenvalue weighted by Crippen LogP contribution is -2.64. The molecular weight excluding hydrogens is 248 g/mol. The van der Waals surface area contributed by atoms with Crippen molar-refractivity contribution in [1.29, 1.82) is 0 Å². The van der Waals surface area contributed by atoms with Crippen LogP contribution in [0.2, 0.25) is 0 Å². The van der Waals surface area contributed by atoms with E-state index in [-0.39, 0.29) is 11.8 Å². The molecule has 1 saturated heterocycles. The van der Waals surface area contributed by atoms with E-state index in [0.29, 0.717) is 10.0 Å². The second-order valence-corrected chi connectivity index (χ2v) is 5.34. The van der Waals surface area contributed by atoms with Gasteiger partial charge in [-0.15, -0.1) is 0 Å². The number of rotatable bonds is 0. The molecule has 19 heavy (non-hydrogen) atoms. The van der Waals surface area contributed by atoms with Gasteiger partial charge in [0, 0.05) is 13.8 Å². The number of amides is 4. The number of hydrogen-bond acceptors (Lipinski definition) is 4. The van der Waals surface area contributed by atoms with Crippen LogP contribution in [-0.4, -0.2) is 33.6 Å². The van der Waals surface area contributed by atoms with Crippen molar-refractivity contribution in [3.8, 4) is 0 Å². The van der Waals surface area contributed by atoms with Crippen LogP contribution in [0.15, 0.2) is 12.2 Å². The van der Waals surface area contributed by atoms with E-state index in [0.717, 1.165) is 6.42 Å². The number of hydrazine groups is 1. The lowest BCUT2D eigenvalue weighted by molar-refractivity contribution is -0.191. The highest BCUT2D eigenvalue weighted by molar-refractivity contribution is 6.09. The Kier molecular flexibility index (Phi) is 2.39. The van der Waals surface area contributed by atoms with E-state index < -0.39 is 35.5 Å². The summed E-state index contributed by atoms with van der Waals surface area (Å²) in [6, 6.07) is 0. The summed E-state index contributed by atoms with van der Waals surface area (Å²) in [6.45, 7) is 2.37. The fourth-order valence-corrected chi connectivity index (χ4v) is 3.57. The van der Waals surface area contributed by atoms with E-state index in [9.17, 15) is 19.2 Å². The lowest BCUT2D eigenvalue weighted by Gasteiger charge is -2.41. The molecular formula is C13H14N2O4. The highest BCUT2D eigenvalue weighted by atomic mass is 16.2. The van der Waals surface area contributed by atoms with Gasteiger partial charge in [-0.2, -0.15) is 10.0 Å². The summed E-state index contributed by atoms with van der Waals surface area (Å²) >= 11 is 0. The second-order valence-electron chi connectivity index (χ2n) is 5.34. The predicted molar refractivity (Wildman–Crippen MR) is 62.8 cm³/mol. The first kappa shape index (κ1) is 12.1. The van der Waals surface area contributed by atoms with Crippen molar-refractivity contribution in [2.45, 2.75) is 20.3 Å². The molecule has 0 spiro atoms. The maximum atomic E-state index is 12.4. The molecule has 1 heterocycles. The Morgan fingerprint density at radius 2 is 1.32 bits per heavy atom. The van der Waals surface area contributed by atoms with E-state index in [1.807, 2.05) is 12.2 Å². The number of carbonyl (C=O) groups is 4. The first-order chi connectivity index (χ1) is 8.93. The second kappa shape index (κ2) is 3.76. The van der Waals surface area contributed by atoms with Crippen LogP contribution < -0.4 is 0 Å². The molecule has 6 nitrogen and oxygen atoms in total. The van der Waals surface area contributed by atoms with Crippen molar-refractivity contribution < 1.29 is 19.2 Å². The highest BCUT2D eigenvalue weighted by Gasteiger charge is 2.59. The Morgan fingerprint density at radius 3 is 1.63 bits per heavy atom. The van der Waals surface area contributed by atoms with Crippen LogP contribution in [0, 0.1) is 23.7 Å². The standard InChI is InChI=1S/C13H14N2O4/c1-6(16)14-12(18)10-8-3-4-9(5-8)11(10)13(19)15(14)7(2)17/h3-4,8-11H,5H2,1-2H3. The first-order valence-corrected chi connectivity index (χ1v) is 6.30. The quantitative estimate of drug-likeness (QED) is 0.580. The Balaban J connectivity index is 2.07. The van der Waals surface area contributed by atoms with Gasteiger partial charge in [-0.1, -0.05) is 12.2 Å². The van der Waals surface area contributed by atoms with Crippen LogP contribution in [0.4, 0.5) is 0 Å². The van der Waals surface area contributed by atoms with Crippen LogP contribution >= 0.6 is 0 Å². The molecule has 4 amide bonds. The molecule has 0 radical (unpaired) electrons. The Hall–Kier alpha value is -1.98. The van der Waals surface area contributed by atoms with Gasteiger partial charge in [-0.05, 0) is 18.3 Å². The van der Waals surface area contributed by atoms with E-state index in [4.69, 9.17) is 0 Å². The fourth-order valence-electron chi connectivity index (χ4n) is 3.57. The summed E-state index contributed by atoms with van der Waals surface area (Å²) in [5.74, 6) is -2.99. The molecule has 2 aliphatic carbocycles. The molecule has 3 aliphatic rings. The normalized spacial score (nSPS) is 35.9. The van der Waals surface area contributed by atoms with Gasteiger partial charge >= 0.3 is 0 Å². The third-order valence-electron chi connectivity index (χ3n) is 4.24. The summed E-state index contributed by atoms with van der Waals surface area (Å²) < 4.78 is 0. The van der Waals surface area contributed by atoms with Gasteiger partial charge in [0.1, 0.15) is 0 Å². The summed E-state index contributed by atoms with van der Waals surface area (Å²) in [7, 11) is 0. The van der Waals surface area contributed by atoms with E-state index in [1.54, 1.807) is 0 Å². The number of imide groups is 2. The number of nitrogens with zero attached hydrogens (tertiary/aromatic N) is 2. The minimum absolute atomic E-state index is 0.0161. The zero-order valence-electron chi connectivity index (χ0n) is 10.7. The smallest absolute Gasteiger partial charge is 0.253 e. The average Bonchev–Trinajstić information content (AvgIpc) is 2.92. The van der Waals surface area contributed by atoms with Crippen molar-refractivity contribution in [1.82, 2.24) is 10.0 Å². The lowest BCUT2D eigenvalue weighted by atomic mass is 9.80. The summed E-state index contributed by atoms with van der Waals surface area (Å²) in [5, 5.41) is 1.42. The summed E-state index contributed by atoms with van der Waals surface area (Å²) in [5.41, 5.74) is 0. The van der Waals surface area contributed by atoms with Gasteiger partial charge in [0.2, 0.25) is 11.8 Å². The van der Waals surface area contributed by atoms with Gasteiger partial charge in [0.15, 0.2) is 0 Å². The number of carbonyl (C=O) groups excluding carboxylic acids is 4. The maximum absolute atomic E-state index is 12.4. The molecule has 4 atom stereocenters. The summed E-state index contributed by atoms with van der Waals surface area (Å²) in [4.78, 5) is 48.1. The minimum Gasteiger partial charge on any atom is -0.273 e. The average molecular weight is 262 g/mol. The molecule has 0 N–H and O–H groups in total. The number of hydrogen-bond donors (Lipinski definition) is 0. The SMILES string of the molecule is CC(=O)N1C(=O)C2C3C=CC(C3)C2C(=O)N1C(C)=O. The van der Waals surface area contributed by atoms with Gasteiger partial charge in [0.05, 0.1) is 11.8 Å². The molecule has 6 heteroatoms. The van der Waals surface area contributed by atoms with Crippen LogP contribution in [0.1, 0.15) is 20.3 Å². The van der Waals surface area contributed by atoms with Gasteiger partial charge in [-0.3, -0.25) is 19.2 Å². The van der Waals surface area contributed by atoms with Gasteiger partial charge in [0.25, 0.3) is 11.8 Å². The van der Waals surface area contributed by atoms with E-state index >= 15 is 0 Å². The van der Waals surface area contributed by atoms with Crippen molar-refractivity contribution in [3.05, 3.63) is 12.2 Å². The van der Waals surface area contributed by atoms with E-state index in [2.05, 4.69) is 0 Å². The minimum atomic E-state index is -0.598. The maximum Gasteiger partial charge on any atom is 0.253 e. The largest absolute Gasteiger partial charge is 0.273 e. The molecule has 3 rings (SSSR count). The molecule has 0 aromatic rings. The van der Waals surface area contributed by atoms with Crippen molar-refractivity contribution in [2.24, 2.45) is 23.7 Å². The van der Waals surface area contributed by atoms with Crippen molar-refractivity contribution in [2.75, 3.05) is 0 Å². The van der Waals surface area contributed by atoms with Crippen LogP contribution in [0.5, 0.6) is 0 Å². The Morgan fingerprint density at radius 1 is 0.947 bits per heavy atom. The molecule has 1 aliphatic heterocycles. The van der Waals surface area contributed by atoms with Crippen LogP contribution in [-0.2, 0) is 19.2 Å². The monoisotopic (exact) mass is 262 g/mol. The zero-order chi connectivity index (χ0) is 13.9. The third-order valence-corrected chi connectivity index (χ3v) is 4.24. The zero-order valence-corrected chi connectivity index (χ0v) is 10.7. The molecule has 2 bridgehead atoms.